The molecule has 0 spiro atoms. The van der Waals surface area contributed by atoms with E-state index >= 15 is 0 Å². The summed E-state index contributed by atoms with van der Waals surface area (Å²) in [5.41, 5.74) is 4.27. The Labute approximate surface area is 188 Å². The number of nitrogens with one attached hydrogen (secondary N) is 1. The van der Waals surface area contributed by atoms with Gasteiger partial charge in [0.25, 0.3) is 0 Å². The minimum absolute atomic E-state index is 0.225. The molecule has 0 atom stereocenters. The van der Waals surface area contributed by atoms with Gasteiger partial charge in [-0.25, -0.2) is 13.8 Å². The van der Waals surface area contributed by atoms with Crippen LogP contribution in [0.3, 0.4) is 0 Å². The van der Waals surface area contributed by atoms with E-state index in [-0.39, 0.29) is 17.2 Å². The molecule has 1 saturated heterocycles. The number of allylic oxidation sites excluding steroid dienone is 1. The number of carbonyl (C=O) groups excluding carboxylic acids is 1. The predicted octanol–water partition coefficient (Wildman–Crippen LogP) is 2.46. The van der Waals surface area contributed by atoms with Gasteiger partial charge in [0, 0.05) is 31.3 Å². The number of para-hydroxylation sites is 1. The molecular formula is C23H27N3O5S. The molecule has 2 aromatic rings. The van der Waals surface area contributed by atoms with Crippen LogP contribution in [0.4, 0.5) is 0 Å². The molecule has 1 amide bonds. The Bertz CT molecular complexity index is 1060. The molecular weight excluding hydrogens is 430 g/mol. The normalized spacial score (nSPS) is 15.3. The number of amides is 1. The number of aryl methyl sites for hydroxylation is 1. The maximum atomic E-state index is 12.6. The fourth-order valence-electron chi connectivity index (χ4n) is 3.18. The quantitative estimate of drug-likeness (QED) is 0.461. The van der Waals surface area contributed by atoms with Crippen molar-refractivity contribution in [3.05, 3.63) is 65.7 Å². The lowest BCUT2D eigenvalue weighted by Gasteiger charge is -2.26. The van der Waals surface area contributed by atoms with E-state index in [4.69, 9.17) is 9.47 Å². The molecule has 0 aliphatic carbocycles. The Morgan fingerprint density at radius 2 is 1.88 bits per heavy atom. The Kier molecular flexibility index (Phi) is 8.55. The van der Waals surface area contributed by atoms with Crippen LogP contribution in [0.1, 0.15) is 17.5 Å². The lowest BCUT2D eigenvalue weighted by molar-refractivity contribution is -0.121. The first kappa shape index (κ1) is 23.6. The third-order valence-corrected chi connectivity index (χ3v) is 6.85. The molecule has 0 aromatic heterocycles. The largest absolute Gasteiger partial charge is 0.496 e. The monoisotopic (exact) mass is 457 g/mol. The van der Waals surface area contributed by atoms with Crippen LogP contribution < -0.4 is 10.2 Å². The number of carbonyl (C=O) groups is 1. The molecule has 170 valence electrons. The second kappa shape index (κ2) is 11.6. The van der Waals surface area contributed by atoms with Crippen LogP contribution in [0.5, 0.6) is 5.75 Å². The molecule has 3 rings (SSSR count). The van der Waals surface area contributed by atoms with E-state index < -0.39 is 10.0 Å². The van der Waals surface area contributed by atoms with E-state index in [2.05, 4.69) is 10.5 Å². The van der Waals surface area contributed by atoms with Crippen molar-refractivity contribution in [3.8, 4) is 5.75 Å². The van der Waals surface area contributed by atoms with Crippen molar-refractivity contribution in [2.75, 3.05) is 33.4 Å². The molecule has 1 aliphatic rings. The summed E-state index contributed by atoms with van der Waals surface area (Å²) in [5, 5.41) is 3.91. The van der Waals surface area contributed by atoms with Gasteiger partial charge in [0.1, 0.15) is 5.75 Å². The third-order valence-electron chi connectivity index (χ3n) is 4.94. The molecule has 9 heteroatoms. The molecule has 0 unspecified atom stereocenters. The number of sulfonamides is 1. The second-order valence-electron chi connectivity index (χ2n) is 7.07. The van der Waals surface area contributed by atoms with Gasteiger partial charge in [-0.05, 0) is 42.3 Å². The van der Waals surface area contributed by atoms with Crippen molar-refractivity contribution in [1.29, 1.82) is 0 Å². The minimum Gasteiger partial charge on any atom is -0.496 e. The Morgan fingerprint density at radius 3 is 2.59 bits per heavy atom. The maximum Gasteiger partial charge on any atom is 0.243 e. The van der Waals surface area contributed by atoms with Crippen LogP contribution in [0.2, 0.25) is 0 Å². The number of hydrogen-bond acceptors (Lipinski definition) is 6. The number of hydrogen-bond donors (Lipinski definition) is 1. The van der Waals surface area contributed by atoms with Gasteiger partial charge < -0.3 is 9.47 Å². The minimum atomic E-state index is -3.51. The number of benzene rings is 2. The molecule has 1 heterocycles. The van der Waals surface area contributed by atoms with Gasteiger partial charge in [0.2, 0.25) is 15.9 Å². The average molecular weight is 458 g/mol. The summed E-state index contributed by atoms with van der Waals surface area (Å²) in [6.45, 7) is 1.54. The molecule has 0 radical (unpaired) electrons. The summed E-state index contributed by atoms with van der Waals surface area (Å²) < 4.78 is 37.2. The number of rotatable bonds is 9. The SMILES string of the molecule is COc1ccccc1/C=C/C=N/NC(=O)CCc1ccc(S(=O)(=O)N2CCOCC2)cc1. The summed E-state index contributed by atoms with van der Waals surface area (Å²) in [7, 11) is -1.90. The third kappa shape index (κ3) is 6.49. The number of ether oxygens (including phenoxy) is 2. The van der Waals surface area contributed by atoms with E-state index in [9.17, 15) is 13.2 Å². The van der Waals surface area contributed by atoms with Gasteiger partial charge in [0.05, 0.1) is 25.2 Å². The van der Waals surface area contributed by atoms with Gasteiger partial charge in [0.15, 0.2) is 0 Å². The Hall–Kier alpha value is -3.01. The molecule has 1 aliphatic heterocycles. The molecule has 0 saturated carbocycles. The number of hydrazone groups is 1. The zero-order valence-corrected chi connectivity index (χ0v) is 18.8. The van der Waals surface area contributed by atoms with Crippen molar-refractivity contribution in [2.45, 2.75) is 17.7 Å². The molecule has 1 N–H and O–H groups in total. The summed E-state index contributed by atoms with van der Waals surface area (Å²) in [6.07, 6.45) is 5.77. The van der Waals surface area contributed by atoms with Crippen LogP contribution >= 0.6 is 0 Å². The highest BCUT2D eigenvalue weighted by molar-refractivity contribution is 7.89. The van der Waals surface area contributed by atoms with Crippen molar-refractivity contribution < 1.29 is 22.7 Å². The van der Waals surface area contributed by atoms with Crippen LogP contribution in [-0.4, -0.2) is 58.3 Å². The van der Waals surface area contributed by atoms with Crippen molar-refractivity contribution in [2.24, 2.45) is 5.10 Å². The van der Waals surface area contributed by atoms with Crippen LogP contribution in [0, 0.1) is 0 Å². The Morgan fingerprint density at radius 1 is 1.16 bits per heavy atom. The predicted molar refractivity (Wildman–Crippen MR) is 123 cm³/mol. The van der Waals surface area contributed by atoms with Crippen LogP contribution in [0.25, 0.3) is 6.08 Å². The van der Waals surface area contributed by atoms with Gasteiger partial charge >= 0.3 is 0 Å². The lowest BCUT2D eigenvalue weighted by atomic mass is 10.1. The molecule has 0 bridgehead atoms. The molecule has 2 aromatic carbocycles. The lowest BCUT2D eigenvalue weighted by Crippen LogP contribution is -2.40. The van der Waals surface area contributed by atoms with Gasteiger partial charge in [-0.3, -0.25) is 4.79 Å². The number of morpholine rings is 1. The highest BCUT2D eigenvalue weighted by Crippen LogP contribution is 2.19. The summed E-state index contributed by atoms with van der Waals surface area (Å²) in [5.74, 6) is 0.530. The van der Waals surface area contributed by atoms with E-state index in [1.807, 2.05) is 30.3 Å². The first-order valence-electron chi connectivity index (χ1n) is 10.3. The molecule has 8 nitrogen and oxygen atoms in total. The molecule has 32 heavy (non-hydrogen) atoms. The fourth-order valence-corrected chi connectivity index (χ4v) is 4.59. The smallest absolute Gasteiger partial charge is 0.243 e. The van der Waals surface area contributed by atoms with E-state index in [0.717, 1.165) is 16.9 Å². The Balaban J connectivity index is 1.45. The average Bonchev–Trinajstić information content (AvgIpc) is 2.83. The van der Waals surface area contributed by atoms with Crippen molar-refractivity contribution >= 4 is 28.2 Å². The van der Waals surface area contributed by atoms with Crippen LogP contribution in [0.15, 0.2) is 64.6 Å². The first-order valence-corrected chi connectivity index (χ1v) is 11.7. The standard InChI is InChI=1S/C23H27N3O5S/c1-30-22-7-3-2-5-20(22)6-4-14-24-25-23(27)13-10-19-8-11-21(12-9-19)32(28,29)26-15-17-31-18-16-26/h2-9,11-12,14H,10,13,15-18H2,1H3,(H,25,27)/b6-4+,24-14+. The zero-order valence-electron chi connectivity index (χ0n) is 17.9. The summed E-state index contributed by atoms with van der Waals surface area (Å²) >= 11 is 0. The second-order valence-corrected chi connectivity index (χ2v) is 9.01. The first-order chi connectivity index (χ1) is 15.5. The molecule has 1 fully saturated rings. The van der Waals surface area contributed by atoms with Crippen LogP contribution in [-0.2, 0) is 26.0 Å². The highest BCUT2D eigenvalue weighted by Gasteiger charge is 2.26. The van der Waals surface area contributed by atoms with E-state index in [0.29, 0.717) is 32.7 Å². The number of nitrogens with zero attached hydrogens (tertiary/aromatic N) is 2. The van der Waals surface area contributed by atoms with E-state index in [1.54, 1.807) is 37.5 Å². The number of methoxy groups -OCH3 is 1. The van der Waals surface area contributed by atoms with Crippen molar-refractivity contribution in [3.63, 3.8) is 0 Å². The highest BCUT2D eigenvalue weighted by atomic mass is 32.2. The van der Waals surface area contributed by atoms with E-state index in [1.165, 1.54) is 10.5 Å². The van der Waals surface area contributed by atoms with Gasteiger partial charge in [-0.15, -0.1) is 0 Å². The van der Waals surface area contributed by atoms with Gasteiger partial charge in [-0.2, -0.15) is 9.41 Å². The zero-order chi connectivity index (χ0) is 22.8. The maximum absolute atomic E-state index is 12.6. The summed E-state index contributed by atoms with van der Waals surface area (Å²) in [6, 6.07) is 14.2. The van der Waals surface area contributed by atoms with Crippen molar-refractivity contribution in [1.82, 2.24) is 9.73 Å². The van der Waals surface area contributed by atoms with Gasteiger partial charge in [-0.1, -0.05) is 30.3 Å². The fraction of sp³-hybridized carbons (Fsp3) is 0.304. The summed E-state index contributed by atoms with van der Waals surface area (Å²) in [4.78, 5) is 12.2. The topological polar surface area (TPSA) is 97.3 Å².